The number of aromatic nitrogens is 2. The van der Waals surface area contributed by atoms with Crippen LogP contribution in [0.2, 0.25) is 0 Å². The first-order chi connectivity index (χ1) is 9.74. The highest BCUT2D eigenvalue weighted by Gasteiger charge is 2.19. The number of morpholine rings is 1. The van der Waals surface area contributed by atoms with E-state index in [0.29, 0.717) is 0 Å². The van der Waals surface area contributed by atoms with Gasteiger partial charge in [-0.05, 0) is 24.8 Å². The number of rotatable bonds is 3. The lowest BCUT2D eigenvalue weighted by Crippen LogP contribution is -2.42. The Morgan fingerprint density at radius 1 is 1.35 bits per heavy atom. The van der Waals surface area contributed by atoms with Gasteiger partial charge in [-0.2, -0.15) is 0 Å². The van der Waals surface area contributed by atoms with E-state index in [0.717, 1.165) is 36.7 Å². The summed E-state index contributed by atoms with van der Waals surface area (Å²) in [5.41, 5.74) is 2.29. The molecular formula is C15H19N3OS. The van der Waals surface area contributed by atoms with E-state index in [1.807, 2.05) is 24.4 Å². The van der Waals surface area contributed by atoms with Crippen molar-refractivity contribution in [2.45, 2.75) is 12.6 Å². The van der Waals surface area contributed by atoms with E-state index in [4.69, 9.17) is 17.0 Å². The summed E-state index contributed by atoms with van der Waals surface area (Å²) < 4.78 is 8.73. The molecule has 0 bridgehead atoms. The van der Waals surface area contributed by atoms with Crippen molar-refractivity contribution in [3.8, 4) is 11.3 Å². The number of hydrogen-bond donors (Lipinski definition) is 1. The van der Waals surface area contributed by atoms with Gasteiger partial charge in [-0.25, -0.2) is 0 Å². The molecule has 1 aliphatic rings. The quantitative estimate of drug-likeness (QED) is 0.882. The predicted molar refractivity (Wildman–Crippen MR) is 82.3 cm³/mol. The smallest absolute Gasteiger partial charge is 0.177 e. The van der Waals surface area contributed by atoms with E-state index in [9.17, 15) is 0 Å². The fraction of sp³-hybridized carbons (Fsp3) is 0.400. The van der Waals surface area contributed by atoms with Gasteiger partial charge in [0.05, 0.1) is 24.9 Å². The van der Waals surface area contributed by atoms with Crippen LogP contribution < -0.4 is 0 Å². The number of ether oxygens (including phenoxy) is 1. The highest BCUT2D eigenvalue weighted by atomic mass is 32.1. The molecule has 1 atom stereocenters. The average Bonchev–Trinajstić information content (AvgIpc) is 2.81. The molecule has 1 fully saturated rings. The molecule has 1 unspecified atom stereocenters. The van der Waals surface area contributed by atoms with Crippen LogP contribution >= 0.6 is 12.2 Å². The van der Waals surface area contributed by atoms with Crippen LogP contribution in [0.15, 0.2) is 36.5 Å². The fourth-order valence-corrected chi connectivity index (χ4v) is 2.84. The zero-order chi connectivity index (χ0) is 13.9. The molecule has 0 amide bonds. The Labute approximate surface area is 124 Å². The molecule has 4 nitrogen and oxygen atoms in total. The molecular weight excluding hydrogens is 270 g/mol. The first-order valence-electron chi connectivity index (χ1n) is 6.88. The molecule has 1 aromatic carbocycles. The second-order valence-electron chi connectivity index (χ2n) is 5.21. The van der Waals surface area contributed by atoms with Crippen molar-refractivity contribution in [1.29, 1.82) is 0 Å². The van der Waals surface area contributed by atoms with Gasteiger partial charge in [-0.3, -0.25) is 0 Å². The number of likely N-dealkylation sites (N-methyl/N-ethyl adjacent to an activating group) is 1. The number of imidazole rings is 1. The highest BCUT2D eigenvalue weighted by molar-refractivity contribution is 7.71. The summed E-state index contributed by atoms with van der Waals surface area (Å²) >= 11 is 5.41. The second-order valence-corrected chi connectivity index (χ2v) is 5.60. The highest BCUT2D eigenvalue weighted by Crippen LogP contribution is 2.20. The van der Waals surface area contributed by atoms with Gasteiger partial charge in [0.1, 0.15) is 0 Å². The molecule has 1 N–H and O–H groups in total. The van der Waals surface area contributed by atoms with Crippen LogP contribution in [0.3, 0.4) is 0 Å². The second kappa shape index (κ2) is 5.91. The van der Waals surface area contributed by atoms with Gasteiger partial charge < -0.3 is 19.2 Å². The first kappa shape index (κ1) is 13.5. The number of benzene rings is 1. The lowest BCUT2D eigenvalue weighted by Gasteiger charge is -2.30. The molecule has 2 heterocycles. The zero-order valence-electron chi connectivity index (χ0n) is 11.6. The Balaban J connectivity index is 1.86. The molecule has 1 aromatic heterocycles. The Morgan fingerprint density at radius 3 is 2.90 bits per heavy atom. The molecule has 0 saturated carbocycles. The Hall–Kier alpha value is -1.43. The van der Waals surface area contributed by atoms with Crippen molar-refractivity contribution in [2.75, 3.05) is 26.7 Å². The van der Waals surface area contributed by atoms with Crippen LogP contribution in [-0.4, -0.2) is 47.3 Å². The Morgan fingerprint density at radius 2 is 2.15 bits per heavy atom. The summed E-state index contributed by atoms with van der Waals surface area (Å²) in [7, 11) is 2.13. The van der Waals surface area contributed by atoms with E-state index in [-0.39, 0.29) is 6.10 Å². The van der Waals surface area contributed by atoms with Gasteiger partial charge in [-0.15, -0.1) is 0 Å². The largest absolute Gasteiger partial charge is 0.374 e. The third-order valence-corrected chi connectivity index (χ3v) is 4.00. The average molecular weight is 289 g/mol. The first-order valence-corrected chi connectivity index (χ1v) is 7.28. The fourth-order valence-electron chi connectivity index (χ4n) is 2.61. The minimum Gasteiger partial charge on any atom is -0.374 e. The standard InChI is InChI=1S/C15H19N3OS/c1-17-7-8-19-13(10-17)11-18-14(9-16-15(18)20)12-5-3-2-4-6-12/h2-6,9,13H,7-8,10-11H2,1H3,(H,16,20). The van der Waals surface area contributed by atoms with Gasteiger partial charge in [-0.1, -0.05) is 30.3 Å². The molecule has 0 aliphatic carbocycles. The molecule has 0 spiro atoms. The molecule has 1 saturated heterocycles. The SMILES string of the molecule is CN1CCOC(Cn2c(-c3ccccc3)c[nH]c2=S)C1. The van der Waals surface area contributed by atoms with Crippen molar-refractivity contribution >= 4 is 12.2 Å². The lowest BCUT2D eigenvalue weighted by atomic mass is 10.1. The van der Waals surface area contributed by atoms with E-state index in [1.54, 1.807) is 0 Å². The minimum absolute atomic E-state index is 0.193. The van der Waals surface area contributed by atoms with Gasteiger partial charge in [0.2, 0.25) is 0 Å². The van der Waals surface area contributed by atoms with E-state index < -0.39 is 0 Å². The van der Waals surface area contributed by atoms with Crippen LogP contribution in [-0.2, 0) is 11.3 Å². The number of hydrogen-bond acceptors (Lipinski definition) is 3. The summed E-state index contributed by atoms with van der Waals surface area (Å²) in [6.45, 7) is 3.53. The molecule has 3 rings (SSSR count). The van der Waals surface area contributed by atoms with Crippen molar-refractivity contribution in [2.24, 2.45) is 0 Å². The summed E-state index contributed by atoms with van der Waals surface area (Å²) in [6, 6.07) is 10.3. The van der Waals surface area contributed by atoms with E-state index >= 15 is 0 Å². The minimum atomic E-state index is 0.193. The van der Waals surface area contributed by atoms with Crippen molar-refractivity contribution in [1.82, 2.24) is 14.5 Å². The van der Waals surface area contributed by atoms with Gasteiger partial charge in [0.15, 0.2) is 4.77 Å². The number of H-pyrrole nitrogens is 1. The monoisotopic (exact) mass is 289 g/mol. The summed E-state index contributed by atoms with van der Waals surface area (Å²) in [6.07, 6.45) is 2.17. The zero-order valence-corrected chi connectivity index (χ0v) is 12.4. The predicted octanol–water partition coefficient (Wildman–Crippen LogP) is 2.54. The van der Waals surface area contributed by atoms with Gasteiger partial charge in [0, 0.05) is 19.3 Å². The topological polar surface area (TPSA) is 33.2 Å². The molecule has 5 heteroatoms. The van der Waals surface area contributed by atoms with Crippen LogP contribution in [0.4, 0.5) is 0 Å². The normalized spacial score (nSPS) is 20.1. The third-order valence-electron chi connectivity index (χ3n) is 3.67. The van der Waals surface area contributed by atoms with Crippen molar-refractivity contribution in [3.63, 3.8) is 0 Å². The number of aromatic amines is 1. The molecule has 2 aromatic rings. The molecule has 0 radical (unpaired) electrons. The summed E-state index contributed by atoms with van der Waals surface area (Å²) in [4.78, 5) is 5.44. The van der Waals surface area contributed by atoms with Crippen molar-refractivity contribution < 1.29 is 4.74 Å². The van der Waals surface area contributed by atoms with E-state index in [1.165, 1.54) is 5.56 Å². The van der Waals surface area contributed by atoms with Crippen LogP contribution in [0.1, 0.15) is 0 Å². The van der Waals surface area contributed by atoms with Crippen LogP contribution in [0.5, 0.6) is 0 Å². The van der Waals surface area contributed by atoms with Gasteiger partial charge in [0.25, 0.3) is 0 Å². The number of nitrogens with zero attached hydrogens (tertiary/aromatic N) is 2. The summed E-state index contributed by atoms with van der Waals surface area (Å²) in [5, 5.41) is 0. The van der Waals surface area contributed by atoms with Gasteiger partial charge >= 0.3 is 0 Å². The maximum Gasteiger partial charge on any atom is 0.177 e. The van der Waals surface area contributed by atoms with E-state index in [2.05, 4.69) is 33.6 Å². The Bertz CT molecular complexity index is 620. The molecule has 106 valence electrons. The Kier molecular flexibility index (Phi) is 4.00. The maximum absolute atomic E-state index is 5.84. The summed E-state index contributed by atoms with van der Waals surface area (Å²) in [5.74, 6) is 0. The van der Waals surface area contributed by atoms with Crippen LogP contribution in [0, 0.1) is 4.77 Å². The lowest BCUT2D eigenvalue weighted by molar-refractivity contribution is -0.0274. The molecule has 1 aliphatic heterocycles. The van der Waals surface area contributed by atoms with Crippen molar-refractivity contribution in [3.05, 3.63) is 41.3 Å². The number of nitrogens with one attached hydrogen (secondary N) is 1. The van der Waals surface area contributed by atoms with Crippen LogP contribution in [0.25, 0.3) is 11.3 Å². The molecule has 20 heavy (non-hydrogen) atoms. The third kappa shape index (κ3) is 2.85. The maximum atomic E-state index is 5.84.